The number of halogens is 2. The highest BCUT2D eigenvalue weighted by molar-refractivity contribution is 6.35. The third-order valence-corrected chi connectivity index (χ3v) is 4.56. The minimum absolute atomic E-state index is 0.0116. The summed E-state index contributed by atoms with van der Waals surface area (Å²) in [6, 6.07) is 6.13. The lowest BCUT2D eigenvalue weighted by Gasteiger charge is -2.13. The van der Waals surface area contributed by atoms with Gasteiger partial charge < -0.3 is 14.5 Å². The van der Waals surface area contributed by atoms with Gasteiger partial charge in [-0.15, -0.1) is 0 Å². The number of nitrogens with one attached hydrogen (secondary N) is 1. The van der Waals surface area contributed by atoms with Crippen LogP contribution in [0.1, 0.15) is 18.6 Å². The largest absolute Gasteiger partial charge is 0.477 e. The summed E-state index contributed by atoms with van der Waals surface area (Å²) >= 11 is 11.9. The topological polar surface area (TPSA) is 71.8 Å². The SMILES string of the molecule is O=C(COc1coc(CN2CCCC2)cc1=O)Nc1cc(Cl)ccc1Cl. The third-order valence-electron chi connectivity index (χ3n) is 3.99. The lowest BCUT2D eigenvalue weighted by Crippen LogP contribution is -2.23. The van der Waals surface area contributed by atoms with Gasteiger partial charge in [0, 0.05) is 11.1 Å². The molecule has 6 nitrogen and oxygen atoms in total. The quantitative estimate of drug-likeness (QED) is 0.807. The van der Waals surface area contributed by atoms with Crippen LogP contribution in [0.15, 0.2) is 39.7 Å². The first-order chi connectivity index (χ1) is 12.5. The van der Waals surface area contributed by atoms with E-state index in [1.165, 1.54) is 18.4 Å². The van der Waals surface area contributed by atoms with Crippen molar-refractivity contribution in [2.24, 2.45) is 0 Å². The maximum absolute atomic E-state index is 12.1. The number of nitrogens with zero attached hydrogens (tertiary/aromatic N) is 1. The van der Waals surface area contributed by atoms with Crippen molar-refractivity contribution >= 4 is 34.8 Å². The number of hydrogen-bond acceptors (Lipinski definition) is 5. The molecule has 3 rings (SSSR count). The van der Waals surface area contributed by atoms with Crippen molar-refractivity contribution in [1.29, 1.82) is 0 Å². The summed E-state index contributed by atoms with van der Waals surface area (Å²) in [5, 5.41) is 3.38. The van der Waals surface area contributed by atoms with Gasteiger partial charge in [-0.05, 0) is 44.1 Å². The molecule has 26 heavy (non-hydrogen) atoms. The number of rotatable bonds is 6. The number of amides is 1. The van der Waals surface area contributed by atoms with Gasteiger partial charge in [0.1, 0.15) is 12.0 Å². The van der Waals surface area contributed by atoms with E-state index in [9.17, 15) is 9.59 Å². The van der Waals surface area contributed by atoms with Crippen LogP contribution in [-0.4, -0.2) is 30.5 Å². The van der Waals surface area contributed by atoms with Crippen LogP contribution in [-0.2, 0) is 11.3 Å². The maximum Gasteiger partial charge on any atom is 0.262 e. The van der Waals surface area contributed by atoms with Crippen LogP contribution in [0.3, 0.4) is 0 Å². The number of hydrogen-bond donors (Lipinski definition) is 1. The normalized spacial score (nSPS) is 14.4. The van der Waals surface area contributed by atoms with Crippen LogP contribution in [0, 0.1) is 0 Å². The average molecular weight is 397 g/mol. The molecular weight excluding hydrogens is 379 g/mol. The van der Waals surface area contributed by atoms with E-state index in [0.29, 0.717) is 28.0 Å². The lowest BCUT2D eigenvalue weighted by molar-refractivity contribution is -0.118. The van der Waals surface area contributed by atoms with E-state index in [-0.39, 0.29) is 17.8 Å². The van der Waals surface area contributed by atoms with Crippen molar-refractivity contribution in [3.8, 4) is 5.75 Å². The second-order valence-electron chi connectivity index (χ2n) is 6.02. The standard InChI is InChI=1S/C18H18Cl2N2O4/c19-12-3-4-14(20)15(7-12)21-18(24)11-26-17-10-25-13(8-16(17)23)9-22-5-1-2-6-22/h3-4,7-8,10H,1-2,5-6,9,11H2,(H,21,24). The van der Waals surface area contributed by atoms with E-state index in [2.05, 4.69) is 10.2 Å². The molecule has 2 heterocycles. The molecule has 1 fully saturated rings. The zero-order valence-electron chi connectivity index (χ0n) is 14.0. The Morgan fingerprint density at radius 2 is 2.00 bits per heavy atom. The molecule has 8 heteroatoms. The van der Waals surface area contributed by atoms with Gasteiger partial charge >= 0.3 is 0 Å². The molecule has 1 aromatic heterocycles. The summed E-state index contributed by atoms with van der Waals surface area (Å²) in [6.07, 6.45) is 3.57. The molecule has 0 spiro atoms. The Kier molecular flexibility index (Phi) is 6.19. The van der Waals surface area contributed by atoms with Crippen molar-refractivity contribution in [3.05, 3.63) is 56.6 Å². The Hall–Kier alpha value is -2.02. The van der Waals surface area contributed by atoms with E-state index in [1.807, 2.05) is 0 Å². The number of benzene rings is 1. The number of likely N-dealkylation sites (tertiary alicyclic amines) is 1. The van der Waals surface area contributed by atoms with Crippen molar-refractivity contribution in [2.45, 2.75) is 19.4 Å². The van der Waals surface area contributed by atoms with E-state index >= 15 is 0 Å². The van der Waals surface area contributed by atoms with E-state index < -0.39 is 5.91 Å². The van der Waals surface area contributed by atoms with Gasteiger partial charge in [0.2, 0.25) is 11.2 Å². The maximum atomic E-state index is 12.1. The minimum atomic E-state index is -0.463. The Balaban J connectivity index is 1.56. The highest BCUT2D eigenvalue weighted by Gasteiger charge is 2.15. The summed E-state index contributed by atoms with van der Waals surface area (Å²) in [7, 11) is 0. The highest BCUT2D eigenvalue weighted by Crippen LogP contribution is 2.25. The predicted molar refractivity (Wildman–Crippen MR) is 100 cm³/mol. The van der Waals surface area contributed by atoms with E-state index in [4.69, 9.17) is 32.4 Å². The van der Waals surface area contributed by atoms with E-state index in [1.54, 1.807) is 12.1 Å². The first kappa shape index (κ1) is 18.8. The Labute approximate surface area is 160 Å². The molecule has 0 aliphatic carbocycles. The first-order valence-electron chi connectivity index (χ1n) is 8.23. The fourth-order valence-electron chi connectivity index (χ4n) is 2.71. The fraction of sp³-hybridized carbons (Fsp3) is 0.333. The lowest BCUT2D eigenvalue weighted by atomic mass is 10.3. The molecule has 1 saturated heterocycles. The van der Waals surface area contributed by atoms with Crippen molar-refractivity contribution in [3.63, 3.8) is 0 Å². The Morgan fingerprint density at radius 1 is 1.23 bits per heavy atom. The Bertz CT molecular complexity index is 847. The molecule has 2 aromatic rings. The predicted octanol–water partition coefficient (Wildman–Crippen LogP) is 3.56. The Morgan fingerprint density at radius 3 is 2.73 bits per heavy atom. The molecule has 1 N–H and O–H groups in total. The molecule has 0 bridgehead atoms. The molecule has 0 atom stereocenters. The number of carbonyl (C=O) groups excluding carboxylic acids is 1. The van der Waals surface area contributed by atoms with Gasteiger partial charge in [0.15, 0.2) is 6.61 Å². The van der Waals surface area contributed by atoms with Crippen molar-refractivity contribution < 1.29 is 13.9 Å². The summed E-state index contributed by atoms with van der Waals surface area (Å²) in [4.78, 5) is 26.3. The van der Waals surface area contributed by atoms with Crippen molar-refractivity contribution in [1.82, 2.24) is 4.90 Å². The van der Waals surface area contributed by atoms with Gasteiger partial charge in [-0.3, -0.25) is 14.5 Å². The number of ether oxygens (including phenoxy) is 1. The second-order valence-corrected chi connectivity index (χ2v) is 6.86. The second kappa shape index (κ2) is 8.58. The van der Waals surface area contributed by atoms with Crippen LogP contribution in [0.4, 0.5) is 5.69 Å². The highest BCUT2D eigenvalue weighted by atomic mass is 35.5. The zero-order valence-corrected chi connectivity index (χ0v) is 15.5. The molecular formula is C18H18Cl2N2O4. The van der Waals surface area contributed by atoms with Gasteiger partial charge in [-0.25, -0.2) is 0 Å². The van der Waals surface area contributed by atoms with Crippen LogP contribution < -0.4 is 15.5 Å². The molecule has 0 unspecified atom stereocenters. The van der Waals surface area contributed by atoms with Crippen LogP contribution in [0.2, 0.25) is 10.0 Å². The summed E-state index contributed by atoms with van der Waals surface area (Å²) in [5.41, 5.74) is 0.0554. The minimum Gasteiger partial charge on any atom is -0.477 e. The fourth-order valence-corrected chi connectivity index (χ4v) is 3.05. The van der Waals surface area contributed by atoms with Gasteiger partial charge in [0.05, 0.1) is 17.3 Å². The summed E-state index contributed by atoms with van der Waals surface area (Å²) in [5.74, 6) is 0.108. The van der Waals surface area contributed by atoms with E-state index in [0.717, 1.165) is 25.9 Å². The average Bonchev–Trinajstić information content (AvgIpc) is 3.10. The third kappa shape index (κ3) is 5.00. The molecule has 0 radical (unpaired) electrons. The molecule has 138 valence electrons. The molecule has 1 aliphatic heterocycles. The van der Waals surface area contributed by atoms with Crippen LogP contribution in [0.25, 0.3) is 0 Å². The van der Waals surface area contributed by atoms with Gasteiger partial charge in [-0.1, -0.05) is 23.2 Å². The van der Waals surface area contributed by atoms with Crippen LogP contribution >= 0.6 is 23.2 Å². The van der Waals surface area contributed by atoms with Gasteiger partial charge in [0.25, 0.3) is 5.91 Å². The number of carbonyl (C=O) groups is 1. The first-order valence-corrected chi connectivity index (χ1v) is 8.98. The number of anilines is 1. The van der Waals surface area contributed by atoms with Crippen molar-refractivity contribution in [2.75, 3.05) is 25.0 Å². The monoisotopic (exact) mass is 396 g/mol. The molecule has 0 saturated carbocycles. The smallest absolute Gasteiger partial charge is 0.262 e. The summed E-state index contributed by atoms with van der Waals surface area (Å²) < 4.78 is 10.7. The summed E-state index contributed by atoms with van der Waals surface area (Å²) in [6.45, 7) is 2.27. The van der Waals surface area contributed by atoms with Crippen LogP contribution in [0.5, 0.6) is 5.75 Å². The zero-order chi connectivity index (χ0) is 18.5. The molecule has 1 amide bonds. The molecule has 1 aliphatic rings. The molecule has 1 aromatic carbocycles. The van der Waals surface area contributed by atoms with Gasteiger partial charge in [-0.2, -0.15) is 0 Å².